The Morgan fingerprint density at radius 2 is 1.85 bits per heavy atom. The van der Waals surface area contributed by atoms with Crippen LogP contribution in [0.5, 0.6) is 0 Å². The minimum absolute atomic E-state index is 0.0122. The Labute approximate surface area is 163 Å². The van der Waals surface area contributed by atoms with E-state index in [0.29, 0.717) is 29.6 Å². The van der Waals surface area contributed by atoms with Crippen molar-refractivity contribution < 1.29 is 9.32 Å². The lowest BCUT2D eigenvalue weighted by molar-refractivity contribution is -0.121. The molecule has 0 unspecified atom stereocenters. The van der Waals surface area contributed by atoms with Gasteiger partial charge in [0.15, 0.2) is 0 Å². The Morgan fingerprint density at radius 1 is 1.11 bits per heavy atom. The Morgan fingerprint density at radius 3 is 2.59 bits per heavy atom. The van der Waals surface area contributed by atoms with Crippen LogP contribution in [0.4, 0.5) is 0 Å². The molecular formula is C21H22ClN3O2. The van der Waals surface area contributed by atoms with Crippen molar-refractivity contribution in [2.45, 2.75) is 38.6 Å². The van der Waals surface area contributed by atoms with E-state index in [1.807, 2.05) is 37.3 Å². The molecular weight excluding hydrogens is 362 g/mol. The van der Waals surface area contributed by atoms with Crippen molar-refractivity contribution >= 4 is 17.5 Å². The van der Waals surface area contributed by atoms with E-state index < -0.39 is 0 Å². The number of nitrogens with zero attached hydrogens (tertiary/aromatic N) is 2. The average Bonchev–Trinajstić information content (AvgIpc) is 3.15. The van der Waals surface area contributed by atoms with E-state index in [0.717, 1.165) is 18.4 Å². The summed E-state index contributed by atoms with van der Waals surface area (Å²) in [5, 5.41) is 7.63. The maximum absolute atomic E-state index is 12.1. The van der Waals surface area contributed by atoms with Gasteiger partial charge in [-0.25, -0.2) is 0 Å². The fourth-order valence-electron chi connectivity index (χ4n) is 2.74. The van der Waals surface area contributed by atoms with Crippen molar-refractivity contribution in [1.82, 2.24) is 15.5 Å². The van der Waals surface area contributed by atoms with Crippen LogP contribution in [-0.4, -0.2) is 22.1 Å². The minimum atomic E-state index is -0.0122. The molecule has 140 valence electrons. The first-order valence-corrected chi connectivity index (χ1v) is 9.40. The summed E-state index contributed by atoms with van der Waals surface area (Å²) < 4.78 is 5.24. The Bertz CT molecular complexity index is 863. The van der Waals surface area contributed by atoms with Crippen molar-refractivity contribution in [3.8, 4) is 11.4 Å². The van der Waals surface area contributed by atoms with E-state index in [-0.39, 0.29) is 11.9 Å². The molecule has 6 heteroatoms. The minimum Gasteiger partial charge on any atom is -0.354 e. The van der Waals surface area contributed by atoms with Crippen LogP contribution in [0.25, 0.3) is 11.4 Å². The SMILES string of the molecule is C[C@@H](CCc1ccccc1)NC(=O)CCc1nc(-c2ccc(Cl)cc2)no1. The largest absolute Gasteiger partial charge is 0.354 e. The van der Waals surface area contributed by atoms with Crippen molar-refractivity contribution in [2.24, 2.45) is 0 Å². The van der Waals surface area contributed by atoms with Crippen molar-refractivity contribution in [3.63, 3.8) is 0 Å². The normalized spacial score (nSPS) is 11.9. The lowest BCUT2D eigenvalue weighted by Crippen LogP contribution is -2.33. The summed E-state index contributed by atoms with van der Waals surface area (Å²) in [6.45, 7) is 2.02. The van der Waals surface area contributed by atoms with E-state index in [9.17, 15) is 4.79 Å². The molecule has 0 aliphatic carbocycles. The standard InChI is InChI=1S/C21H22ClN3O2/c1-15(7-8-16-5-3-2-4-6-16)23-19(26)13-14-20-24-21(25-27-20)17-9-11-18(22)12-10-17/h2-6,9-12,15H,7-8,13-14H2,1H3,(H,23,26)/t15-/m0/s1. The molecule has 0 aliphatic heterocycles. The van der Waals surface area contributed by atoms with Gasteiger partial charge in [0.05, 0.1) is 0 Å². The highest BCUT2D eigenvalue weighted by Gasteiger charge is 2.12. The number of aryl methyl sites for hydroxylation is 2. The van der Waals surface area contributed by atoms with Crippen molar-refractivity contribution in [2.75, 3.05) is 0 Å². The number of rotatable bonds is 8. The van der Waals surface area contributed by atoms with Crippen molar-refractivity contribution in [1.29, 1.82) is 0 Å². The Kier molecular flexibility index (Phi) is 6.60. The zero-order chi connectivity index (χ0) is 19.1. The molecule has 1 N–H and O–H groups in total. The lowest BCUT2D eigenvalue weighted by atomic mass is 10.1. The van der Waals surface area contributed by atoms with Gasteiger partial charge in [-0.05, 0) is 49.6 Å². The molecule has 0 aliphatic rings. The highest BCUT2D eigenvalue weighted by molar-refractivity contribution is 6.30. The van der Waals surface area contributed by atoms with E-state index in [4.69, 9.17) is 16.1 Å². The molecule has 2 aromatic carbocycles. The summed E-state index contributed by atoms with van der Waals surface area (Å²) in [6.07, 6.45) is 2.57. The summed E-state index contributed by atoms with van der Waals surface area (Å²) >= 11 is 5.88. The second-order valence-corrected chi connectivity index (χ2v) is 6.95. The maximum atomic E-state index is 12.1. The van der Waals surface area contributed by atoms with Gasteiger partial charge < -0.3 is 9.84 Å². The summed E-state index contributed by atoms with van der Waals surface area (Å²) in [7, 11) is 0. The number of nitrogens with one attached hydrogen (secondary N) is 1. The summed E-state index contributed by atoms with van der Waals surface area (Å²) in [6, 6.07) is 17.6. The molecule has 0 spiro atoms. The smallest absolute Gasteiger partial charge is 0.227 e. The van der Waals surface area contributed by atoms with Crippen LogP contribution in [0.15, 0.2) is 59.1 Å². The van der Waals surface area contributed by atoms with Crippen LogP contribution in [0.1, 0.15) is 31.2 Å². The van der Waals surface area contributed by atoms with Crippen LogP contribution in [-0.2, 0) is 17.6 Å². The number of halogens is 1. The second kappa shape index (κ2) is 9.33. The molecule has 3 rings (SSSR count). The molecule has 1 heterocycles. The fourth-order valence-corrected chi connectivity index (χ4v) is 2.87. The summed E-state index contributed by atoms with van der Waals surface area (Å²) in [4.78, 5) is 16.5. The van der Waals surface area contributed by atoms with E-state index in [2.05, 4.69) is 27.6 Å². The van der Waals surface area contributed by atoms with Crippen molar-refractivity contribution in [3.05, 3.63) is 71.1 Å². The number of aromatic nitrogens is 2. The molecule has 0 bridgehead atoms. The van der Waals surface area contributed by atoms with Gasteiger partial charge >= 0.3 is 0 Å². The quantitative estimate of drug-likeness (QED) is 0.623. The Balaban J connectivity index is 1.43. The number of carbonyl (C=O) groups excluding carboxylic acids is 1. The van der Waals surface area contributed by atoms with E-state index in [1.54, 1.807) is 12.1 Å². The molecule has 1 amide bonds. The number of benzene rings is 2. The average molecular weight is 384 g/mol. The van der Waals surface area contributed by atoms with Gasteiger partial charge in [0.1, 0.15) is 0 Å². The topological polar surface area (TPSA) is 68.0 Å². The fraction of sp³-hybridized carbons (Fsp3) is 0.286. The second-order valence-electron chi connectivity index (χ2n) is 6.51. The van der Waals surface area contributed by atoms with Gasteiger partial charge in [-0.2, -0.15) is 4.98 Å². The van der Waals surface area contributed by atoms with Crippen LogP contribution >= 0.6 is 11.6 Å². The van der Waals surface area contributed by atoms with Crippen LogP contribution < -0.4 is 5.32 Å². The van der Waals surface area contributed by atoms with Gasteiger partial charge in [-0.3, -0.25) is 4.79 Å². The first kappa shape index (κ1) is 19.1. The third kappa shape index (κ3) is 5.93. The number of carbonyl (C=O) groups is 1. The first-order valence-electron chi connectivity index (χ1n) is 9.02. The lowest BCUT2D eigenvalue weighted by Gasteiger charge is -2.13. The Hall–Kier alpha value is -2.66. The third-order valence-electron chi connectivity index (χ3n) is 4.25. The highest BCUT2D eigenvalue weighted by Crippen LogP contribution is 2.19. The zero-order valence-corrected chi connectivity index (χ0v) is 15.9. The van der Waals surface area contributed by atoms with E-state index >= 15 is 0 Å². The van der Waals surface area contributed by atoms with Gasteiger partial charge in [-0.15, -0.1) is 0 Å². The monoisotopic (exact) mass is 383 g/mol. The highest BCUT2D eigenvalue weighted by atomic mass is 35.5. The van der Waals surface area contributed by atoms with E-state index in [1.165, 1.54) is 5.56 Å². The third-order valence-corrected chi connectivity index (χ3v) is 4.50. The van der Waals surface area contributed by atoms with Crippen LogP contribution in [0.2, 0.25) is 5.02 Å². The summed E-state index contributed by atoms with van der Waals surface area (Å²) in [5.41, 5.74) is 2.10. The van der Waals surface area contributed by atoms with Gasteiger partial charge in [0.2, 0.25) is 17.6 Å². The van der Waals surface area contributed by atoms with Gasteiger partial charge in [-0.1, -0.05) is 47.1 Å². The maximum Gasteiger partial charge on any atom is 0.227 e. The predicted octanol–water partition coefficient (Wildman–Crippen LogP) is 4.46. The predicted molar refractivity (Wildman–Crippen MR) is 105 cm³/mol. The van der Waals surface area contributed by atoms with Crippen LogP contribution in [0, 0.1) is 0 Å². The van der Waals surface area contributed by atoms with Crippen LogP contribution in [0.3, 0.4) is 0 Å². The zero-order valence-electron chi connectivity index (χ0n) is 15.2. The molecule has 0 saturated heterocycles. The summed E-state index contributed by atoms with van der Waals surface area (Å²) in [5.74, 6) is 0.937. The number of hydrogen-bond acceptors (Lipinski definition) is 4. The number of hydrogen-bond donors (Lipinski definition) is 1. The molecule has 5 nitrogen and oxygen atoms in total. The van der Waals surface area contributed by atoms with Gasteiger partial charge in [0, 0.05) is 29.5 Å². The number of amides is 1. The molecule has 27 heavy (non-hydrogen) atoms. The molecule has 0 saturated carbocycles. The first-order chi connectivity index (χ1) is 13.1. The molecule has 1 aromatic heterocycles. The molecule has 0 radical (unpaired) electrons. The molecule has 1 atom stereocenters. The van der Waals surface area contributed by atoms with Gasteiger partial charge in [0.25, 0.3) is 0 Å². The molecule has 0 fully saturated rings. The molecule has 3 aromatic rings.